The second-order valence-corrected chi connectivity index (χ2v) is 7.19. The lowest BCUT2D eigenvalue weighted by atomic mass is 10.1. The van der Waals surface area contributed by atoms with Gasteiger partial charge in [-0.1, -0.05) is 18.2 Å². The summed E-state index contributed by atoms with van der Waals surface area (Å²) in [6.07, 6.45) is 1.51. The van der Waals surface area contributed by atoms with Gasteiger partial charge in [-0.05, 0) is 42.5 Å². The van der Waals surface area contributed by atoms with Crippen LogP contribution >= 0.6 is 0 Å². The van der Waals surface area contributed by atoms with Crippen LogP contribution in [0.5, 0.6) is 5.75 Å². The first-order valence-corrected chi connectivity index (χ1v) is 10.0. The number of aromatic nitrogens is 2. The predicted molar refractivity (Wildman–Crippen MR) is 116 cm³/mol. The number of esters is 1. The van der Waals surface area contributed by atoms with Crippen LogP contribution in [0, 0.1) is 0 Å². The quantitative estimate of drug-likeness (QED) is 0.358. The summed E-state index contributed by atoms with van der Waals surface area (Å²) in [5, 5.41) is 7.11. The minimum absolute atomic E-state index is 0.0764. The number of hydrogen-bond acceptors (Lipinski definition) is 7. The average molecular weight is 443 g/mol. The zero-order chi connectivity index (χ0) is 22.8. The first-order valence-electron chi connectivity index (χ1n) is 10.0. The average Bonchev–Trinajstić information content (AvgIpc) is 3.52. The lowest BCUT2D eigenvalue weighted by Crippen LogP contribution is -2.25. The molecule has 1 aliphatic rings. The lowest BCUT2D eigenvalue weighted by Gasteiger charge is -2.18. The van der Waals surface area contributed by atoms with Crippen molar-refractivity contribution in [1.29, 1.82) is 0 Å². The summed E-state index contributed by atoms with van der Waals surface area (Å²) in [6, 6.07) is 18.7. The number of nitrogens with zero attached hydrogens (tertiary/aromatic N) is 2. The Morgan fingerprint density at radius 1 is 1.06 bits per heavy atom. The third kappa shape index (κ3) is 4.11. The van der Waals surface area contributed by atoms with Crippen molar-refractivity contribution in [2.45, 2.75) is 0 Å². The maximum Gasteiger partial charge on any atom is 0.357 e. The van der Waals surface area contributed by atoms with Gasteiger partial charge in [-0.3, -0.25) is 9.59 Å². The molecule has 9 nitrogen and oxygen atoms in total. The van der Waals surface area contributed by atoms with E-state index in [0.29, 0.717) is 28.6 Å². The zero-order valence-electron chi connectivity index (χ0n) is 17.2. The van der Waals surface area contributed by atoms with Gasteiger partial charge in [-0.2, -0.15) is 5.10 Å². The second kappa shape index (κ2) is 8.46. The monoisotopic (exact) mass is 443 g/mol. The normalized spacial score (nSPS) is 12.4. The number of anilines is 1. The lowest BCUT2D eigenvalue weighted by molar-refractivity contribution is -0.118. The summed E-state index contributed by atoms with van der Waals surface area (Å²) < 4.78 is 17.4. The predicted octanol–water partition coefficient (Wildman–Crippen LogP) is 3.50. The van der Waals surface area contributed by atoms with E-state index in [1.807, 2.05) is 18.2 Å². The Hall–Kier alpha value is -4.66. The number of hydrogen-bond donors (Lipinski definition) is 1. The Morgan fingerprint density at radius 2 is 1.91 bits per heavy atom. The highest BCUT2D eigenvalue weighted by molar-refractivity contribution is 6.02. The van der Waals surface area contributed by atoms with Gasteiger partial charge in [-0.25, -0.2) is 9.48 Å². The van der Waals surface area contributed by atoms with Gasteiger partial charge < -0.3 is 19.2 Å². The van der Waals surface area contributed by atoms with Crippen molar-refractivity contribution in [2.24, 2.45) is 0 Å². The molecule has 2 aromatic carbocycles. The molecule has 0 unspecified atom stereocenters. The minimum Gasteiger partial charge on any atom is -0.482 e. The standard InChI is InChI=1S/C24H17N3O6/c28-20(15-8-9-22-17(11-15)25-23(29)14-32-22)13-33-24(30)19-12-18(21-7-4-10-31-21)26-27(19)16-5-2-1-3-6-16/h1-12H,13-14H2,(H,25,29). The fraction of sp³-hybridized carbons (Fsp3) is 0.0833. The maximum atomic E-state index is 12.9. The Morgan fingerprint density at radius 3 is 2.70 bits per heavy atom. The number of ketones is 1. The van der Waals surface area contributed by atoms with Crippen molar-refractivity contribution in [3.8, 4) is 22.9 Å². The van der Waals surface area contributed by atoms with E-state index in [-0.39, 0.29) is 23.8 Å². The van der Waals surface area contributed by atoms with Gasteiger partial charge >= 0.3 is 5.97 Å². The van der Waals surface area contributed by atoms with Crippen LogP contribution in [0.25, 0.3) is 17.1 Å². The van der Waals surface area contributed by atoms with E-state index in [1.54, 1.807) is 42.5 Å². The van der Waals surface area contributed by atoms with Gasteiger partial charge in [0.1, 0.15) is 11.4 Å². The van der Waals surface area contributed by atoms with Crippen molar-refractivity contribution < 1.29 is 28.3 Å². The Bertz CT molecular complexity index is 1340. The van der Waals surface area contributed by atoms with Crippen molar-refractivity contribution in [1.82, 2.24) is 9.78 Å². The molecule has 5 rings (SSSR count). The molecule has 4 aromatic rings. The highest BCUT2D eigenvalue weighted by Crippen LogP contribution is 2.29. The molecule has 1 N–H and O–H groups in total. The SMILES string of the molecule is O=C1COc2ccc(C(=O)COC(=O)c3cc(-c4ccco4)nn3-c3ccccc3)cc2N1. The van der Waals surface area contributed by atoms with E-state index in [4.69, 9.17) is 13.9 Å². The summed E-state index contributed by atoms with van der Waals surface area (Å²) >= 11 is 0. The van der Waals surface area contributed by atoms with Gasteiger partial charge in [0.05, 0.1) is 17.6 Å². The number of para-hydroxylation sites is 1. The largest absolute Gasteiger partial charge is 0.482 e. The molecule has 0 atom stereocenters. The first-order chi connectivity index (χ1) is 16.1. The van der Waals surface area contributed by atoms with Crippen LogP contribution in [-0.2, 0) is 9.53 Å². The van der Waals surface area contributed by atoms with Crippen LogP contribution in [0.1, 0.15) is 20.8 Å². The van der Waals surface area contributed by atoms with Crippen molar-refractivity contribution in [3.63, 3.8) is 0 Å². The number of ether oxygens (including phenoxy) is 2. The molecule has 33 heavy (non-hydrogen) atoms. The molecule has 2 aromatic heterocycles. The molecule has 3 heterocycles. The summed E-state index contributed by atoms with van der Waals surface area (Å²) in [5.74, 6) is -0.483. The van der Waals surface area contributed by atoms with Crippen LogP contribution in [0.2, 0.25) is 0 Å². The summed E-state index contributed by atoms with van der Waals surface area (Å²) in [6.45, 7) is -0.560. The van der Waals surface area contributed by atoms with E-state index in [0.717, 1.165) is 0 Å². The molecular formula is C24H17N3O6. The van der Waals surface area contributed by atoms with Crippen LogP contribution in [-0.4, -0.2) is 40.7 Å². The van der Waals surface area contributed by atoms with Gasteiger partial charge in [0.25, 0.3) is 5.91 Å². The Kier molecular flexibility index (Phi) is 5.19. The number of Topliss-reactive ketones (excluding diaryl/α,β-unsaturated/α-hetero) is 1. The van der Waals surface area contributed by atoms with E-state index >= 15 is 0 Å². The van der Waals surface area contributed by atoms with Gasteiger partial charge in [0.2, 0.25) is 0 Å². The number of fused-ring (bicyclic) bond motifs is 1. The van der Waals surface area contributed by atoms with Crippen molar-refractivity contribution >= 4 is 23.3 Å². The fourth-order valence-electron chi connectivity index (χ4n) is 3.38. The minimum atomic E-state index is -0.716. The van der Waals surface area contributed by atoms with Crippen LogP contribution in [0.4, 0.5) is 5.69 Å². The number of benzene rings is 2. The molecule has 0 fully saturated rings. The number of carbonyl (C=O) groups is 3. The summed E-state index contributed by atoms with van der Waals surface area (Å²) in [5.41, 5.74) is 1.92. The van der Waals surface area contributed by atoms with E-state index in [2.05, 4.69) is 10.4 Å². The Labute approximate surface area is 187 Å². The molecule has 1 amide bonds. The molecule has 0 aliphatic carbocycles. The number of furan rings is 1. The number of amides is 1. The molecule has 9 heteroatoms. The van der Waals surface area contributed by atoms with Crippen LogP contribution < -0.4 is 10.1 Å². The molecule has 0 bridgehead atoms. The van der Waals surface area contributed by atoms with Crippen molar-refractivity contribution in [2.75, 3.05) is 18.5 Å². The van der Waals surface area contributed by atoms with Gasteiger partial charge in [0.15, 0.2) is 30.5 Å². The number of rotatable bonds is 6. The molecule has 0 saturated carbocycles. The topological polar surface area (TPSA) is 113 Å². The summed E-state index contributed by atoms with van der Waals surface area (Å²) in [4.78, 5) is 37.0. The van der Waals surface area contributed by atoms with E-state index < -0.39 is 18.4 Å². The highest BCUT2D eigenvalue weighted by Gasteiger charge is 2.22. The molecular weight excluding hydrogens is 426 g/mol. The number of nitrogens with one attached hydrogen (secondary N) is 1. The van der Waals surface area contributed by atoms with Crippen molar-refractivity contribution in [3.05, 3.63) is 84.3 Å². The van der Waals surface area contributed by atoms with Crippen LogP contribution in [0.3, 0.4) is 0 Å². The Balaban J connectivity index is 1.36. The summed E-state index contributed by atoms with van der Waals surface area (Å²) in [7, 11) is 0. The fourth-order valence-corrected chi connectivity index (χ4v) is 3.38. The molecule has 0 radical (unpaired) electrons. The van der Waals surface area contributed by atoms with Gasteiger partial charge in [0, 0.05) is 11.6 Å². The second-order valence-electron chi connectivity index (χ2n) is 7.19. The zero-order valence-corrected chi connectivity index (χ0v) is 17.2. The maximum absolute atomic E-state index is 12.9. The molecule has 164 valence electrons. The van der Waals surface area contributed by atoms with Gasteiger partial charge in [-0.15, -0.1) is 0 Å². The number of carbonyl (C=O) groups excluding carboxylic acids is 3. The molecule has 1 aliphatic heterocycles. The molecule has 0 saturated heterocycles. The smallest absolute Gasteiger partial charge is 0.357 e. The van der Waals surface area contributed by atoms with Crippen LogP contribution in [0.15, 0.2) is 77.4 Å². The third-order valence-corrected chi connectivity index (χ3v) is 4.96. The highest BCUT2D eigenvalue weighted by atomic mass is 16.5. The first kappa shape index (κ1) is 20.3. The van der Waals surface area contributed by atoms with E-state index in [9.17, 15) is 14.4 Å². The van der Waals surface area contributed by atoms with E-state index in [1.165, 1.54) is 17.0 Å². The third-order valence-electron chi connectivity index (χ3n) is 4.96. The molecule has 0 spiro atoms.